The summed E-state index contributed by atoms with van der Waals surface area (Å²) in [6.07, 6.45) is 0. The molecule has 1 aromatic heterocycles. The molecule has 1 aromatic rings. The van der Waals surface area contributed by atoms with Crippen molar-refractivity contribution < 1.29 is 19.7 Å². The Labute approximate surface area is 123 Å². The average Bonchev–Trinajstić information content (AvgIpc) is 2.45. The van der Waals surface area contributed by atoms with E-state index in [1.54, 1.807) is 27.8 Å². The van der Waals surface area contributed by atoms with Crippen LogP contribution in [0, 0.1) is 0 Å². The first-order valence-corrected chi connectivity index (χ1v) is 6.36. The first kappa shape index (κ1) is 19.1. The van der Waals surface area contributed by atoms with Gasteiger partial charge in [-0.3, -0.25) is 9.36 Å². The number of nitrogens with zero attached hydrogens (tertiary/aromatic N) is 2. The number of carbonyl (C=O) groups is 1. The number of rotatable bonds is 3. The molecule has 120 valence electrons. The van der Waals surface area contributed by atoms with Gasteiger partial charge in [0.25, 0.3) is 5.56 Å². The zero-order chi connectivity index (χ0) is 16.8. The van der Waals surface area contributed by atoms with E-state index in [4.69, 9.17) is 5.11 Å². The number of aliphatic hydroxyl groups excluding tert-OH is 1. The van der Waals surface area contributed by atoms with Crippen LogP contribution in [0.3, 0.4) is 0 Å². The van der Waals surface area contributed by atoms with Gasteiger partial charge in [-0.25, -0.2) is 9.78 Å². The summed E-state index contributed by atoms with van der Waals surface area (Å²) in [5, 5.41) is 20.2. The number of aromatic hydroxyl groups is 1. The molecule has 0 amide bonds. The van der Waals surface area contributed by atoms with E-state index in [0.717, 1.165) is 7.11 Å². The normalized spacial score (nSPS) is 10.6. The lowest BCUT2D eigenvalue weighted by molar-refractivity contribution is 0.0588. The Morgan fingerprint density at radius 1 is 1.48 bits per heavy atom. The van der Waals surface area contributed by atoms with E-state index >= 15 is 0 Å². The van der Waals surface area contributed by atoms with Gasteiger partial charge < -0.3 is 20.3 Å². The third-order valence-corrected chi connectivity index (χ3v) is 2.83. The van der Waals surface area contributed by atoms with Crippen molar-refractivity contribution in [1.29, 1.82) is 0 Å². The fourth-order valence-electron chi connectivity index (χ4n) is 1.50. The van der Waals surface area contributed by atoms with Gasteiger partial charge in [0.2, 0.25) is 5.75 Å². The highest BCUT2D eigenvalue weighted by atomic mass is 16.5. The Bertz CT molecular complexity index is 551. The highest BCUT2D eigenvalue weighted by Gasteiger charge is 2.28. The van der Waals surface area contributed by atoms with Crippen LogP contribution in [-0.4, -0.2) is 46.5 Å². The molecule has 0 atom stereocenters. The number of hydrogen-bond acceptors (Lipinski definition) is 7. The van der Waals surface area contributed by atoms with E-state index in [1.807, 2.05) is 0 Å². The van der Waals surface area contributed by atoms with Crippen molar-refractivity contribution in [3.8, 4) is 5.75 Å². The maximum Gasteiger partial charge on any atom is 0.360 e. The van der Waals surface area contributed by atoms with Crippen molar-refractivity contribution in [3.05, 3.63) is 21.9 Å². The summed E-state index contributed by atoms with van der Waals surface area (Å²) >= 11 is 0. The van der Waals surface area contributed by atoms with Crippen molar-refractivity contribution in [2.24, 2.45) is 7.05 Å². The molecule has 21 heavy (non-hydrogen) atoms. The van der Waals surface area contributed by atoms with Crippen LogP contribution in [0.4, 0.5) is 0 Å². The zero-order valence-corrected chi connectivity index (χ0v) is 13.2. The van der Waals surface area contributed by atoms with Gasteiger partial charge in [-0.15, -0.1) is 0 Å². The molecule has 0 aromatic carbocycles. The molecule has 0 spiro atoms. The first-order valence-electron chi connectivity index (χ1n) is 6.36. The van der Waals surface area contributed by atoms with Crippen LogP contribution in [0.2, 0.25) is 0 Å². The number of aromatic nitrogens is 2. The van der Waals surface area contributed by atoms with E-state index in [2.05, 4.69) is 15.0 Å². The molecule has 8 nitrogen and oxygen atoms in total. The third kappa shape index (κ3) is 4.27. The molecule has 0 aliphatic heterocycles. The third-order valence-electron chi connectivity index (χ3n) is 2.83. The maximum atomic E-state index is 11.8. The van der Waals surface area contributed by atoms with Gasteiger partial charge in [0.1, 0.15) is 5.82 Å². The van der Waals surface area contributed by atoms with Crippen molar-refractivity contribution in [2.45, 2.75) is 26.3 Å². The molecule has 0 aliphatic carbocycles. The van der Waals surface area contributed by atoms with Crippen LogP contribution in [0.15, 0.2) is 4.79 Å². The molecule has 0 saturated carbocycles. The summed E-state index contributed by atoms with van der Waals surface area (Å²) in [5.74, 6) is -1.23. The Kier molecular flexibility index (Phi) is 7.04. The molecular formula is C13H23N3O5. The molecule has 0 unspecified atom stereocenters. The van der Waals surface area contributed by atoms with Gasteiger partial charge in [0.15, 0.2) is 5.69 Å². The number of hydrogen-bond donors (Lipinski definition) is 3. The fourth-order valence-corrected chi connectivity index (χ4v) is 1.50. The van der Waals surface area contributed by atoms with Crippen LogP contribution >= 0.6 is 0 Å². The lowest BCUT2D eigenvalue weighted by atomic mass is 10.0. The smallest absolute Gasteiger partial charge is 0.360 e. The maximum absolute atomic E-state index is 11.8. The van der Waals surface area contributed by atoms with Gasteiger partial charge in [-0.2, -0.15) is 0 Å². The quantitative estimate of drug-likeness (QED) is 0.658. The molecule has 3 N–H and O–H groups in total. The van der Waals surface area contributed by atoms with Gasteiger partial charge in [-0.1, -0.05) is 0 Å². The van der Waals surface area contributed by atoms with E-state index in [0.29, 0.717) is 5.82 Å². The SMILES string of the molecule is CCO.CNC(C)(C)c1nc(C(=O)OC)c(O)c(=O)n1C. The van der Waals surface area contributed by atoms with Crippen LogP contribution in [-0.2, 0) is 17.3 Å². The van der Waals surface area contributed by atoms with Crippen molar-refractivity contribution in [1.82, 2.24) is 14.9 Å². The van der Waals surface area contributed by atoms with E-state index in [9.17, 15) is 14.7 Å². The number of nitrogens with one attached hydrogen (secondary N) is 1. The van der Waals surface area contributed by atoms with Gasteiger partial charge in [0, 0.05) is 13.7 Å². The second kappa shape index (κ2) is 7.75. The molecule has 0 fully saturated rings. The predicted octanol–water partition coefficient (Wildman–Crippen LogP) is -0.274. The highest BCUT2D eigenvalue weighted by molar-refractivity contribution is 5.89. The molecule has 0 bridgehead atoms. The zero-order valence-electron chi connectivity index (χ0n) is 13.2. The topological polar surface area (TPSA) is 114 Å². The van der Waals surface area contributed by atoms with Crippen molar-refractivity contribution >= 4 is 5.97 Å². The Hall–Kier alpha value is -1.93. The first-order chi connectivity index (χ1) is 9.67. The van der Waals surface area contributed by atoms with E-state index in [1.165, 1.54) is 11.6 Å². The fraction of sp³-hybridized carbons (Fsp3) is 0.615. The lowest BCUT2D eigenvalue weighted by Crippen LogP contribution is -2.40. The molecule has 0 radical (unpaired) electrons. The Morgan fingerprint density at radius 3 is 2.33 bits per heavy atom. The van der Waals surface area contributed by atoms with Crippen molar-refractivity contribution in [2.75, 3.05) is 20.8 Å². The van der Waals surface area contributed by atoms with Gasteiger partial charge in [0.05, 0.1) is 12.6 Å². The summed E-state index contributed by atoms with van der Waals surface area (Å²) in [4.78, 5) is 27.3. The second-order valence-electron chi connectivity index (χ2n) is 4.68. The molecule has 1 rings (SSSR count). The summed E-state index contributed by atoms with van der Waals surface area (Å²) in [7, 11) is 4.34. The molecule has 0 saturated heterocycles. The van der Waals surface area contributed by atoms with Crippen LogP contribution in [0.1, 0.15) is 37.1 Å². The molecule has 1 heterocycles. The van der Waals surface area contributed by atoms with Crippen molar-refractivity contribution in [3.63, 3.8) is 0 Å². The minimum absolute atomic E-state index is 0.250. The Morgan fingerprint density at radius 2 is 1.95 bits per heavy atom. The molecule has 0 aliphatic rings. The Balaban J connectivity index is 0.00000122. The van der Waals surface area contributed by atoms with Gasteiger partial charge in [-0.05, 0) is 27.8 Å². The van der Waals surface area contributed by atoms with E-state index in [-0.39, 0.29) is 12.3 Å². The standard InChI is InChI=1S/C11H17N3O4.C2H6O/c1-11(2,12-3)10-13-6(9(17)18-5)7(15)8(16)14(10)4;1-2-3/h12,15H,1-5H3;3H,2H2,1H3. The average molecular weight is 301 g/mol. The van der Waals surface area contributed by atoms with E-state index < -0.39 is 22.8 Å². The summed E-state index contributed by atoms with van der Waals surface area (Å²) in [6.45, 7) is 5.53. The lowest BCUT2D eigenvalue weighted by Gasteiger charge is -2.25. The number of methoxy groups -OCH3 is 1. The minimum Gasteiger partial charge on any atom is -0.501 e. The summed E-state index contributed by atoms with van der Waals surface area (Å²) in [5.41, 5.74) is -1.70. The monoisotopic (exact) mass is 301 g/mol. The second-order valence-corrected chi connectivity index (χ2v) is 4.68. The largest absolute Gasteiger partial charge is 0.501 e. The number of esters is 1. The predicted molar refractivity (Wildman–Crippen MR) is 77.3 cm³/mol. The van der Waals surface area contributed by atoms with Crippen LogP contribution in [0.5, 0.6) is 5.75 Å². The highest BCUT2D eigenvalue weighted by Crippen LogP contribution is 2.19. The summed E-state index contributed by atoms with van der Waals surface area (Å²) in [6, 6.07) is 0. The van der Waals surface area contributed by atoms with Gasteiger partial charge >= 0.3 is 5.97 Å². The number of carbonyl (C=O) groups excluding carboxylic acids is 1. The molecule has 8 heteroatoms. The van der Waals surface area contributed by atoms with Crippen LogP contribution < -0.4 is 10.9 Å². The molecular weight excluding hydrogens is 278 g/mol. The summed E-state index contributed by atoms with van der Waals surface area (Å²) < 4.78 is 5.68. The number of aliphatic hydroxyl groups is 1. The number of ether oxygens (including phenoxy) is 1. The van der Waals surface area contributed by atoms with Crippen LogP contribution in [0.25, 0.3) is 0 Å². The minimum atomic E-state index is -0.849.